The van der Waals surface area contributed by atoms with Crippen molar-refractivity contribution in [2.24, 2.45) is 11.7 Å². The summed E-state index contributed by atoms with van der Waals surface area (Å²) in [4.78, 5) is 14.8. The maximum absolute atomic E-state index is 12.7. The molecule has 2 unspecified atom stereocenters. The van der Waals surface area contributed by atoms with Crippen LogP contribution in [0.25, 0.3) is 0 Å². The fourth-order valence-corrected chi connectivity index (χ4v) is 4.03. The van der Waals surface area contributed by atoms with Gasteiger partial charge in [-0.3, -0.25) is 4.79 Å². The Kier molecular flexibility index (Phi) is 5.47. The molecule has 23 heavy (non-hydrogen) atoms. The molecule has 1 aromatic carbocycles. The summed E-state index contributed by atoms with van der Waals surface area (Å²) in [6.07, 6.45) is 1.89. The van der Waals surface area contributed by atoms with E-state index in [-0.39, 0.29) is 16.8 Å². The summed E-state index contributed by atoms with van der Waals surface area (Å²) < 4.78 is 24.3. The van der Waals surface area contributed by atoms with E-state index in [0.717, 1.165) is 12.8 Å². The Balaban J connectivity index is 2.20. The second-order valence-corrected chi connectivity index (χ2v) is 9.14. The largest absolute Gasteiger partial charge is 0.334 e. The zero-order valence-corrected chi connectivity index (χ0v) is 14.8. The molecular weight excluding hydrogens is 312 g/mol. The van der Waals surface area contributed by atoms with Crippen molar-refractivity contribution in [1.29, 1.82) is 0 Å². The highest BCUT2D eigenvalue weighted by molar-refractivity contribution is 7.92. The van der Waals surface area contributed by atoms with Gasteiger partial charge in [0.2, 0.25) is 0 Å². The highest BCUT2D eigenvalue weighted by atomic mass is 32.2. The Morgan fingerprint density at radius 1 is 1.30 bits per heavy atom. The number of nitrogens with two attached hydrogens (primary N) is 1. The second-order valence-electron chi connectivity index (χ2n) is 6.64. The van der Waals surface area contributed by atoms with Gasteiger partial charge >= 0.3 is 0 Å². The lowest BCUT2D eigenvalue weighted by Gasteiger charge is -2.38. The van der Waals surface area contributed by atoms with Crippen LogP contribution in [-0.4, -0.2) is 43.6 Å². The van der Waals surface area contributed by atoms with Gasteiger partial charge in [0.1, 0.15) is 0 Å². The average molecular weight is 338 g/mol. The summed E-state index contributed by atoms with van der Waals surface area (Å²) in [6.45, 7) is 6.63. The van der Waals surface area contributed by atoms with E-state index in [1.807, 2.05) is 4.90 Å². The SMILES string of the molecule is CC1CCN(C(=O)c2ccc(S(=O)(=O)C(C)C)cc2)C(CN)C1. The number of carbonyl (C=O) groups is 1. The summed E-state index contributed by atoms with van der Waals surface area (Å²) >= 11 is 0. The molecule has 1 aromatic rings. The molecule has 0 radical (unpaired) electrons. The van der Waals surface area contributed by atoms with Gasteiger partial charge in [-0.15, -0.1) is 0 Å². The third-order valence-electron chi connectivity index (χ3n) is 4.56. The van der Waals surface area contributed by atoms with Crippen molar-refractivity contribution in [3.63, 3.8) is 0 Å². The lowest BCUT2D eigenvalue weighted by atomic mass is 9.92. The van der Waals surface area contributed by atoms with Gasteiger partial charge in [0.25, 0.3) is 5.91 Å². The molecule has 0 aromatic heterocycles. The van der Waals surface area contributed by atoms with E-state index in [1.54, 1.807) is 26.0 Å². The van der Waals surface area contributed by atoms with Crippen molar-refractivity contribution in [1.82, 2.24) is 4.90 Å². The van der Waals surface area contributed by atoms with E-state index in [4.69, 9.17) is 5.73 Å². The van der Waals surface area contributed by atoms with Gasteiger partial charge < -0.3 is 10.6 Å². The van der Waals surface area contributed by atoms with Gasteiger partial charge in [0, 0.05) is 24.7 Å². The Hall–Kier alpha value is -1.40. The Bertz CT molecular complexity index is 653. The first kappa shape index (κ1) is 17.9. The van der Waals surface area contributed by atoms with Crippen LogP contribution in [0.4, 0.5) is 0 Å². The molecular formula is C17H26N2O3S. The molecule has 128 valence electrons. The first-order chi connectivity index (χ1) is 10.8. The van der Waals surface area contributed by atoms with Crippen LogP contribution in [-0.2, 0) is 9.84 Å². The van der Waals surface area contributed by atoms with Crippen molar-refractivity contribution in [2.45, 2.75) is 49.8 Å². The van der Waals surface area contributed by atoms with Crippen LogP contribution in [0.5, 0.6) is 0 Å². The highest BCUT2D eigenvalue weighted by Crippen LogP contribution is 2.24. The summed E-state index contributed by atoms with van der Waals surface area (Å²) in [5, 5.41) is -0.478. The number of carbonyl (C=O) groups excluding carboxylic acids is 1. The Labute approximate surface area is 138 Å². The predicted octanol–water partition coefficient (Wildman–Crippen LogP) is 2.07. The molecule has 1 aliphatic rings. The summed E-state index contributed by atoms with van der Waals surface area (Å²) in [5.41, 5.74) is 6.33. The third-order valence-corrected chi connectivity index (χ3v) is 6.73. The minimum Gasteiger partial charge on any atom is -0.334 e. The molecule has 0 saturated carbocycles. The van der Waals surface area contributed by atoms with Crippen molar-refractivity contribution in [3.05, 3.63) is 29.8 Å². The van der Waals surface area contributed by atoms with Crippen molar-refractivity contribution >= 4 is 15.7 Å². The van der Waals surface area contributed by atoms with E-state index < -0.39 is 15.1 Å². The lowest BCUT2D eigenvalue weighted by Crippen LogP contribution is -2.49. The van der Waals surface area contributed by atoms with E-state index >= 15 is 0 Å². The van der Waals surface area contributed by atoms with Crippen LogP contribution in [0.15, 0.2) is 29.2 Å². The number of piperidine rings is 1. The molecule has 0 aliphatic carbocycles. The van der Waals surface area contributed by atoms with Crippen molar-refractivity contribution in [2.75, 3.05) is 13.1 Å². The van der Waals surface area contributed by atoms with Crippen molar-refractivity contribution < 1.29 is 13.2 Å². The standard InChI is InChI=1S/C17H26N2O3S/c1-12(2)23(21,22)16-6-4-14(5-7-16)17(20)19-9-8-13(3)10-15(19)11-18/h4-7,12-13,15H,8-11,18H2,1-3H3. The summed E-state index contributed by atoms with van der Waals surface area (Å²) in [6, 6.07) is 6.30. The number of hydrogen-bond acceptors (Lipinski definition) is 4. The van der Waals surface area contributed by atoms with Gasteiger partial charge in [-0.1, -0.05) is 6.92 Å². The van der Waals surface area contributed by atoms with Crippen LogP contribution < -0.4 is 5.73 Å². The molecule has 2 N–H and O–H groups in total. The molecule has 6 heteroatoms. The van der Waals surface area contributed by atoms with E-state index in [2.05, 4.69) is 6.92 Å². The molecule has 1 amide bonds. The molecule has 0 spiro atoms. The van der Waals surface area contributed by atoms with Gasteiger partial charge in [-0.25, -0.2) is 8.42 Å². The highest BCUT2D eigenvalue weighted by Gasteiger charge is 2.29. The number of nitrogens with zero attached hydrogens (tertiary/aromatic N) is 1. The summed E-state index contributed by atoms with van der Waals surface area (Å²) in [7, 11) is -3.31. The molecule has 1 heterocycles. The fourth-order valence-electron chi connectivity index (χ4n) is 2.97. The number of benzene rings is 1. The lowest BCUT2D eigenvalue weighted by molar-refractivity contribution is 0.0573. The predicted molar refractivity (Wildman–Crippen MR) is 91.0 cm³/mol. The average Bonchev–Trinajstić information content (AvgIpc) is 2.54. The smallest absolute Gasteiger partial charge is 0.254 e. The maximum atomic E-state index is 12.7. The Morgan fingerprint density at radius 3 is 2.43 bits per heavy atom. The van der Waals surface area contributed by atoms with Crippen LogP contribution in [0.3, 0.4) is 0 Å². The van der Waals surface area contributed by atoms with Crippen molar-refractivity contribution in [3.8, 4) is 0 Å². The van der Waals surface area contributed by atoms with Crippen LogP contribution in [0.2, 0.25) is 0 Å². The normalized spacial score (nSPS) is 22.4. The van der Waals surface area contributed by atoms with E-state index in [9.17, 15) is 13.2 Å². The van der Waals surface area contributed by atoms with Gasteiger partial charge in [-0.05, 0) is 56.9 Å². The van der Waals surface area contributed by atoms with E-state index in [1.165, 1.54) is 12.1 Å². The summed E-state index contributed by atoms with van der Waals surface area (Å²) in [5.74, 6) is 0.506. The zero-order chi connectivity index (χ0) is 17.2. The fraction of sp³-hybridized carbons (Fsp3) is 0.588. The van der Waals surface area contributed by atoms with E-state index in [0.29, 0.717) is 24.6 Å². The second kappa shape index (κ2) is 7.01. The van der Waals surface area contributed by atoms with Gasteiger partial charge in [0.15, 0.2) is 9.84 Å². The maximum Gasteiger partial charge on any atom is 0.254 e. The molecule has 1 saturated heterocycles. The quantitative estimate of drug-likeness (QED) is 0.911. The first-order valence-electron chi connectivity index (χ1n) is 8.12. The zero-order valence-electron chi connectivity index (χ0n) is 14.0. The van der Waals surface area contributed by atoms with Crippen LogP contribution in [0.1, 0.15) is 44.0 Å². The van der Waals surface area contributed by atoms with Gasteiger partial charge in [-0.2, -0.15) is 0 Å². The Morgan fingerprint density at radius 2 is 1.91 bits per heavy atom. The molecule has 2 rings (SSSR count). The third kappa shape index (κ3) is 3.75. The molecule has 5 nitrogen and oxygen atoms in total. The number of likely N-dealkylation sites (tertiary alicyclic amines) is 1. The minimum atomic E-state index is -3.31. The monoisotopic (exact) mass is 338 g/mol. The minimum absolute atomic E-state index is 0.0605. The number of rotatable bonds is 4. The van der Waals surface area contributed by atoms with Gasteiger partial charge in [0.05, 0.1) is 10.1 Å². The number of amides is 1. The number of hydrogen-bond donors (Lipinski definition) is 1. The molecule has 2 atom stereocenters. The number of sulfone groups is 1. The molecule has 1 fully saturated rings. The molecule has 1 aliphatic heterocycles. The topological polar surface area (TPSA) is 80.5 Å². The van der Waals surface area contributed by atoms with Crippen LogP contribution in [0, 0.1) is 5.92 Å². The molecule has 0 bridgehead atoms. The van der Waals surface area contributed by atoms with Crippen LogP contribution >= 0.6 is 0 Å². The first-order valence-corrected chi connectivity index (χ1v) is 9.67.